The van der Waals surface area contributed by atoms with Gasteiger partial charge in [0.1, 0.15) is 11.1 Å². The van der Waals surface area contributed by atoms with Crippen LogP contribution in [0.2, 0.25) is 0 Å². The number of benzene rings is 2. The zero-order chi connectivity index (χ0) is 21.2. The van der Waals surface area contributed by atoms with E-state index in [4.69, 9.17) is 5.10 Å². The maximum atomic E-state index is 12.1. The number of fused-ring (bicyclic) bond motifs is 1. The minimum absolute atomic E-state index is 0.214. The Kier molecular flexibility index (Phi) is 4.60. The van der Waals surface area contributed by atoms with Crippen LogP contribution in [-0.2, 0) is 0 Å². The van der Waals surface area contributed by atoms with Gasteiger partial charge in [-0.25, -0.2) is 10.1 Å². The van der Waals surface area contributed by atoms with Crippen molar-refractivity contribution in [2.75, 3.05) is 5.43 Å². The number of anilines is 1. The van der Waals surface area contributed by atoms with Gasteiger partial charge >= 0.3 is 0 Å². The van der Waals surface area contributed by atoms with Crippen LogP contribution in [0.5, 0.6) is 0 Å². The molecule has 3 N–H and O–H groups in total. The van der Waals surface area contributed by atoms with Gasteiger partial charge in [-0.15, -0.1) is 0 Å². The van der Waals surface area contributed by atoms with E-state index in [0.29, 0.717) is 11.0 Å². The molecular formula is C22H18N8O. The van der Waals surface area contributed by atoms with E-state index in [9.17, 15) is 4.79 Å². The van der Waals surface area contributed by atoms with E-state index in [2.05, 4.69) is 30.7 Å². The first-order valence-corrected chi connectivity index (χ1v) is 9.62. The van der Waals surface area contributed by atoms with Gasteiger partial charge in [0.2, 0.25) is 5.95 Å². The summed E-state index contributed by atoms with van der Waals surface area (Å²) in [5.41, 5.74) is 7.56. The Morgan fingerprint density at radius 2 is 1.90 bits per heavy atom. The average Bonchev–Trinajstić information content (AvgIpc) is 3.42. The lowest BCUT2D eigenvalue weighted by Gasteiger charge is -2.03. The lowest BCUT2D eigenvalue weighted by Crippen LogP contribution is -2.10. The number of hydrazone groups is 1. The van der Waals surface area contributed by atoms with Crippen molar-refractivity contribution in [3.8, 4) is 16.9 Å². The number of aryl methyl sites for hydroxylation is 1. The lowest BCUT2D eigenvalue weighted by atomic mass is 10.0. The molecule has 31 heavy (non-hydrogen) atoms. The first kappa shape index (κ1) is 18.5. The first-order valence-electron chi connectivity index (χ1n) is 9.62. The van der Waals surface area contributed by atoms with Gasteiger partial charge in [0.15, 0.2) is 5.65 Å². The number of para-hydroxylation sites is 1. The number of nitrogens with zero attached hydrogens (tertiary/aromatic N) is 5. The highest BCUT2D eigenvalue weighted by Gasteiger charge is 2.13. The number of H-pyrrole nitrogens is 2. The summed E-state index contributed by atoms with van der Waals surface area (Å²) in [4.78, 5) is 19.0. The summed E-state index contributed by atoms with van der Waals surface area (Å²) < 4.78 is 1.82. The molecule has 9 heteroatoms. The van der Waals surface area contributed by atoms with Crippen LogP contribution in [0, 0.1) is 6.92 Å². The van der Waals surface area contributed by atoms with E-state index in [1.54, 1.807) is 6.21 Å². The fraction of sp³-hybridized carbons (Fsp3) is 0.0455. The van der Waals surface area contributed by atoms with Crippen molar-refractivity contribution in [1.82, 2.24) is 29.9 Å². The molecule has 0 spiro atoms. The molecule has 0 aliphatic rings. The standard InChI is InChI=1S/C22H18N8O/c1-14-7-5-6-10-17(14)19-15(13-30(29-19)16-8-3-2-4-9-16)11-23-28-22-25-20-18(12-24-27-20)21(31)26-22/h2-13H,1H3,(H3,24,25,26,27,28,31)/b23-11+. The number of nitrogens with one attached hydrogen (secondary N) is 3. The first-order chi connectivity index (χ1) is 15.2. The Balaban J connectivity index is 1.51. The van der Waals surface area contributed by atoms with Crippen molar-refractivity contribution >= 4 is 23.2 Å². The van der Waals surface area contributed by atoms with Crippen molar-refractivity contribution < 1.29 is 0 Å². The number of hydrogen-bond acceptors (Lipinski definition) is 6. The van der Waals surface area contributed by atoms with Crippen molar-refractivity contribution in [2.45, 2.75) is 6.92 Å². The second-order valence-electron chi connectivity index (χ2n) is 6.94. The fourth-order valence-corrected chi connectivity index (χ4v) is 3.30. The van der Waals surface area contributed by atoms with Crippen LogP contribution in [0.15, 0.2) is 76.9 Å². The third kappa shape index (κ3) is 3.60. The number of rotatable bonds is 5. The number of hydrogen-bond donors (Lipinski definition) is 3. The minimum Gasteiger partial charge on any atom is -0.291 e. The van der Waals surface area contributed by atoms with Gasteiger partial charge in [-0.05, 0) is 24.6 Å². The fourth-order valence-electron chi connectivity index (χ4n) is 3.30. The molecule has 3 heterocycles. The zero-order valence-corrected chi connectivity index (χ0v) is 16.6. The van der Waals surface area contributed by atoms with Crippen molar-refractivity contribution in [3.63, 3.8) is 0 Å². The van der Waals surface area contributed by atoms with Gasteiger partial charge in [0.05, 0.1) is 18.1 Å². The summed E-state index contributed by atoms with van der Waals surface area (Å²) in [6.07, 6.45) is 5.00. The van der Waals surface area contributed by atoms with Crippen LogP contribution >= 0.6 is 0 Å². The maximum Gasteiger partial charge on any atom is 0.263 e. The minimum atomic E-state index is -0.297. The number of aromatic nitrogens is 6. The van der Waals surface area contributed by atoms with Crippen LogP contribution in [0.1, 0.15) is 11.1 Å². The van der Waals surface area contributed by atoms with Crippen molar-refractivity contribution in [3.05, 3.63) is 88.5 Å². The summed E-state index contributed by atoms with van der Waals surface area (Å²) in [6.45, 7) is 2.05. The van der Waals surface area contributed by atoms with Crippen LogP contribution in [0.25, 0.3) is 28.0 Å². The summed E-state index contributed by atoms with van der Waals surface area (Å²) in [6, 6.07) is 17.9. The van der Waals surface area contributed by atoms with E-state index >= 15 is 0 Å². The average molecular weight is 410 g/mol. The van der Waals surface area contributed by atoms with E-state index in [1.807, 2.05) is 72.4 Å². The molecule has 0 radical (unpaired) electrons. The molecule has 0 atom stereocenters. The molecule has 0 bridgehead atoms. The van der Waals surface area contributed by atoms with Crippen molar-refractivity contribution in [2.24, 2.45) is 5.10 Å². The van der Waals surface area contributed by atoms with E-state index in [1.165, 1.54) is 6.20 Å². The van der Waals surface area contributed by atoms with Gasteiger partial charge in [-0.1, -0.05) is 42.5 Å². The van der Waals surface area contributed by atoms with E-state index < -0.39 is 0 Å². The Hall–Kier alpha value is -4.53. The molecule has 9 nitrogen and oxygen atoms in total. The summed E-state index contributed by atoms with van der Waals surface area (Å²) in [5.74, 6) is 0.214. The molecule has 0 aliphatic carbocycles. The summed E-state index contributed by atoms with van der Waals surface area (Å²) in [7, 11) is 0. The molecule has 2 aromatic carbocycles. The second-order valence-corrected chi connectivity index (χ2v) is 6.94. The molecule has 5 rings (SSSR count). The zero-order valence-electron chi connectivity index (χ0n) is 16.6. The smallest absolute Gasteiger partial charge is 0.263 e. The molecule has 152 valence electrons. The van der Waals surface area contributed by atoms with Crippen LogP contribution in [-0.4, -0.2) is 36.2 Å². The molecule has 0 saturated carbocycles. The normalized spacial score (nSPS) is 11.4. The lowest BCUT2D eigenvalue weighted by molar-refractivity contribution is 0.884. The Morgan fingerprint density at radius 1 is 1.10 bits per heavy atom. The predicted octanol–water partition coefficient (Wildman–Crippen LogP) is 3.25. The van der Waals surface area contributed by atoms with Crippen LogP contribution < -0.4 is 11.0 Å². The molecule has 0 aliphatic heterocycles. The van der Waals surface area contributed by atoms with Crippen LogP contribution in [0.3, 0.4) is 0 Å². The van der Waals surface area contributed by atoms with E-state index in [-0.39, 0.29) is 11.5 Å². The third-order valence-electron chi connectivity index (χ3n) is 4.86. The summed E-state index contributed by atoms with van der Waals surface area (Å²) in [5, 5.41) is 16.0. The van der Waals surface area contributed by atoms with Gasteiger partial charge in [0, 0.05) is 17.3 Å². The third-order valence-corrected chi connectivity index (χ3v) is 4.86. The van der Waals surface area contributed by atoms with Gasteiger partial charge < -0.3 is 0 Å². The summed E-state index contributed by atoms with van der Waals surface area (Å²) >= 11 is 0. The molecular weight excluding hydrogens is 392 g/mol. The Morgan fingerprint density at radius 3 is 2.74 bits per heavy atom. The molecule has 0 saturated heterocycles. The number of aromatic amines is 2. The molecule has 3 aromatic heterocycles. The molecule has 0 fully saturated rings. The van der Waals surface area contributed by atoms with Crippen molar-refractivity contribution in [1.29, 1.82) is 0 Å². The largest absolute Gasteiger partial charge is 0.291 e. The van der Waals surface area contributed by atoms with E-state index in [0.717, 1.165) is 28.1 Å². The Bertz CT molecular complexity index is 1450. The molecule has 0 amide bonds. The topological polar surface area (TPSA) is 117 Å². The molecule has 5 aromatic rings. The van der Waals surface area contributed by atoms with Crippen LogP contribution in [0.4, 0.5) is 5.95 Å². The molecule has 0 unspecified atom stereocenters. The highest BCUT2D eigenvalue weighted by atomic mass is 16.1. The Labute approximate surface area is 176 Å². The SMILES string of the molecule is Cc1ccccc1-c1nn(-c2ccccc2)cc1/C=N/Nc1nc2[nH]ncc2c(=O)[nH]1. The highest BCUT2D eigenvalue weighted by molar-refractivity contribution is 5.89. The van der Waals surface area contributed by atoms with Gasteiger partial charge in [-0.3, -0.25) is 14.9 Å². The quantitative estimate of drug-likeness (QED) is 0.304. The second kappa shape index (κ2) is 7.71. The highest BCUT2D eigenvalue weighted by Crippen LogP contribution is 2.25. The van der Waals surface area contributed by atoms with Gasteiger partial charge in [-0.2, -0.15) is 20.3 Å². The maximum absolute atomic E-state index is 12.1. The predicted molar refractivity (Wildman–Crippen MR) is 119 cm³/mol. The monoisotopic (exact) mass is 410 g/mol. The van der Waals surface area contributed by atoms with Gasteiger partial charge in [0.25, 0.3) is 5.56 Å².